The molecule has 0 atom stereocenters. The Morgan fingerprint density at radius 3 is 2.76 bits per heavy atom. The number of thiazole rings is 1. The van der Waals surface area contributed by atoms with Crippen molar-refractivity contribution < 1.29 is 9.18 Å². The zero-order chi connectivity index (χ0) is 20.1. The predicted octanol–water partition coefficient (Wildman–Crippen LogP) is 3.63. The third-order valence-corrected chi connectivity index (χ3v) is 5.21. The third kappa shape index (κ3) is 4.69. The summed E-state index contributed by atoms with van der Waals surface area (Å²) < 4.78 is 14.4. The van der Waals surface area contributed by atoms with Gasteiger partial charge in [0.25, 0.3) is 0 Å². The van der Waals surface area contributed by atoms with Crippen molar-refractivity contribution in [1.29, 1.82) is 0 Å². The number of aryl methyl sites for hydroxylation is 1. The smallest absolute Gasteiger partial charge is 0.227 e. The van der Waals surface area contributed by atoms with Crippen LogP contribution in [0.5, 0.6) is 0 Å². The first kappa shape index (κ1) is 18.9. The van der Waals surface area contributed by atoms with Crippen LogP contribution >= 0.6 is 11.3 Å². The number of H-pyrrole nitrogens is 1. The van der Waals surface area contributed by atoms with E-state index in [1.165, 1.54) is 23.5 Å². The molecule has 2 heterocycles. The van der Waals surface area contributed by atoms with Gasteiger partial charge in [-0.05, 0) is 40.6 Å². The molecule has 2 aromatic heterocycles. The van der Waals surface area contributed by atoms with Crippen molar-refractivity contribution in [2.45, 2.75) is 19.4 Å². The summed E-state index contributed by atoms with van der Waals surface area (Å²) in [6.07, 6.45) is 2.64. The SMILES string of the molecule is O=C(CCc1cncs1)N(Cc1ccccc1)c1cc(F)cc(-c2nnn[nH]2)c1. The van der Waals surface area contributed by atoms with E-state index in [0.29, 0.717) is 36.5 Å². The summed E-state index contributed by atoms with van der Waals surface area (Å²) in [6, 6.07) is 14.0. The van der Waals surface area contributed by atoms with Crippen LogP contribution in [0.25, 0.3) is 11.4 Å². The first-order valence-electron chi connectivity index (χ1n) is 8.95. The van der Waals surface area contributed by atoms with Gasteiger partial charge in [0.1, 0.15) is 5.82 Å². The number of rotatable bonds is 7. The molecule has 146 valence electrons. The van der Waals surface area contributed by atoms with Crippen LogP contribution in [0.15, 0.2) is 60.2 Å². The molecule has 2 aromatic carbocycles. The Kier molecular flexibility index (Phi) is 5.66. The van der Waals surface area contributed by atoms with Gasteiger partial charge < -0.3 is 4.90 Å². The Labute approximate surface area is 170 Å². The molecule has 0 unspecified atom stereocenters. The number of amides is 1. The second-order valence-electron chi connectivity index (χ2n) is 6.38. The number of aromatic nitrogens is 5. The van der Waals surface area contributed by atoms with Gasteiger partial charge >= 0.3 is 0 Å². The predicted molar refractivity (Wildman–Crippen MR) is 108 cm³/mol. The lowest BCUT2D eigenvalue weighted by Crippen LogP contribution is -2.30. The number of hydrogen-bond acceptors (Lipinski definition) is 6. The van der Waals surface area contributed by atoms with Crippen LogP contribution in [-0.2, 0) is 17.8 Å². The molecule has 0 aliphatic rings. The van der Waals surface area contributed by atoms with Crippen LogP contribution in [0.2, 0.25) is 0 Å². The van der Waals surface area contributed by atoms with Gasteiger partial charge in [0, 0.05) is 28.7 Å². The van der Waals surface area contributed by atoms with Gasteiger partial charge in [-0.25, -0.2) is 9.49 Å². The Morgan fingerprint density at radius 2 is 2.03 bits per heavy atom. The molecular weight excluding hydrogens is 391 g/mol. The molecule has 0 aliphatic carbocycles. The second kappa shape index (κ2) is 8.70. The number of nitrogens with one attached hydrogen (secondary N) is 1. The molecule has 0 spiro atoms. The van der Waals surface area contributed by atoms with Gasteiger partial charge in [-0.1, -0.05) is 30.3 Å². The summed E-state index contributed by atoms with van der Waals surface area (Å²) in [5.41, 5.74) is 3.62. The van der Waals surface area contributed by atoms with Crippen LogP contribution in [0.1, 0.15) is 16.9 Å². The molecule has 1 amide bonds. The molecule has 0 radical (unpaired) electrons. The molecule has 0 bridgehead atoms. The Bertz CT molecular complexity index is 1070. The van der Waals surface area contributed by atoms with E-state index in [4.69, 9.17) is 0 Å². The van der Waals surface area contributed by atoms with Crippen LogP contribution in [-0.4, -0.2) is 31.5 Å². The monoisotopic (exact) mass is 408 g/mol. The van der Waals surface area contributed by atoms with E-state index in [0.717, 1.165) is 10.4 Å². The maximum atomic E-state index is 14.4. The summed E-state index contributed by atoms with van der Waals surface area (Å²) in [5, 5.41) is 13.5. The molecule has 0 aliphatic heterocycles. The van der Waals surface area contributed by atoms with Crippen LogP contribution in [0.4, 0.5) is 10.1 Å². The van der Waals surface area contributed by atoms with Gasteiger partial charge in [-0.2, -0.15) is 0 Å². The van der Waals surface area contributed by atoms with Crippen molar-refractivity contribution in [3.63, 3.8) is 0 Å². The number of halogens is 1. The molecule has 7 nitrogen and oxygen atoms in total. The number of carbonyl (C=O) groups is 1. The maximum Gasteiger partial charge on any atom is 0.227 e. The summed E-state index contributed by atoms with van der Waals surface area (Å²) >= 11 is 1.51. The zero-order valence-corrected chi connectivity index (χ0v) is 16.1. The third-order valence-electron chi connectivity index (χ3n) is 4.37. The summed E-state index contributed by atoms with van der Waals surface area (Å²) in [6.45, 7) is 0.333. The number of nitrogens with zero attached hydrogens (tertiary/aromatic N) is 5. The number of aromatic amines is 1. The molecular formula is C20H17FN6OS. The van der Waals surface area contributed by atoms with Crippen molar-refractivity contribution in [1.82, 2.24) is 25.6 Å². The molecule has 29 heavy (non-hydrogen) atoms. The van der Waals surface area contributed by atoms with Gasteiger partial charge in [-0.15, -0.1) is 16.4 Å². The van der Waals surface area contributed by atoms with Gasteiger partial charge in [-0.3, -0.25) is 9.78 Å². The van der Waals surface area contributed by atoms with Crippen molar-refractivity contribution in [3.8, 4) is 11.4 Å². The van der Waals surface area contributed by atoms with E-state index in [9.17, 15) is 9.18 Å². The van der Waals surface area contributed by atoms with Crippen LogP contribution in [0, 0.1) is 5.82 Å². The fourth-order valence-corrected chi connectivity index (χ4v) is 3.57. The average molecular weight is 408 g/mol. The summed E-state index contributed by atoms with van der Waals surface area (Å²) in [5.74, 6) is -0.237. The topological polar surface area (TPSA) is 87.7 Å². The van der Waals surface area contributed by atoms with Crippen LogP contribution < -0.4 is 4.90 Å². The molecule has 0 fully saturated rings. The molecule has 0 saturated heterocycles. The summed E-state index contributed by atoms with van der Waals surface area (Å²) in [4.78, 5) is 19.8. The molecule has 4 rings (SSSR count). The minimum absolute atomic E-state index is 0.102. The highest BCUT2D eigenvalue weighted by atomic mass is 32.1. The quantitative estimate of drug-likeness (QED) is 0.505. The van der Waals surface area contributed by atoms with E-state index in [1.807, 2.05) is 30.3 Å². The van der Waals surface area contributed by atoms with Crippen molar-refractivity contribution in [2.24, 2.45) is 0 Å². The zero-order valence-electron chi connectivity index (χ0n) is 15.3. The minimum Gasteiger partial charge on any atom is -0.308 e. The second-order valence-corrected chi connectivity index (χ2v) is 7.35. The Hall–Kier alpha value is -3.46. The van der Waals surface area contributed by atoms with Gasteiger partial charge in [0.05, 0.1) is 12.1 Å². The van der Waals surface area contributed by atoms with E-state index < -0.39 is 5.82 Å². The fourth-order valence-electron chi connectivity index (χ4n) is 2.97. The van der Waals surface area contributed by atoms with Crippen molar-refractivity contribution in [2.75, 3.05) is 4.90 Å². The summed E-state index contributed by atoms with van der Waals surface area (Å²) in [7, 11) is 0. The molecule has 4 aromatic rings. The maximum absolute atomic E-state index is 14.4. The number of benzene rings is 2. The largest absolute Gasteiger partial charge is 0.308 e. The van der Waals surface area contributed by atoms with E-state index >= 15 is 0 Å². The lowest BCUT2D eigenvalue weighted by atomic mass is 10.1. The first-order chi connectivity index (χ1) is 14.2. The molecule has 1 N–H and O–H groups in total. The van der Waals surface area contributed by atoms with E-state index in [-0.39, 0.29) is 5.91 Å². The number of anilines is 1. The molecule has 0 saturated carbocycles. The first-order valence-corrected chi connectivity index (χ1v) is 9.83. The van der Waals surface area contributed by atoms with E-state index in [2.05, 4.69) is 25.6 Å². The van der Waals surface area contributed by atoms with E-state index in [1.54, 1.807) is 22.7 Å². The van der Waals surface area contributed by atoms with Crippen molar-refractivity contribution in [3.05, 3.63) is 76.5 Å². The minimum atomic E-state index is -0.470. The Morgan fingerprint density at radius 1 is 1.17 bits per heavy atom. The lowest BCUT2D eigenvalue weighted by molar-refractivity contribution is -0.118. The highest BCUT2D eigenvalue weighted by Gasteiger charge is 2.19. The van der Waals surface area contributed by atoms with Gasteiger partial charge in [0.2, 0.25) is 5.91 Å². The fraction of sp³-hybridized carbons (Fsp3) is 0.150. The Balaban J connectivity index is 1.65. The number of tetrazole rings is 1. The van der Waals surface area contributed by atoms with Crippen molar-refractivity contribution >= 4 is 22.9 Å². The normalized spacial score (nSPS) is 10.8. The lowest BCUT2D eigenvalue weighted by Gasteiger charge is -2.24. The highest BCUT2D eigenvalue weighted by Crippen LogP contribution is 2.26. The molecule has 9 heteroatoms. The van der Waals surface area contributed by atoms with Gasteiger partial charge in [0.15, 0.2) is 5.82 Å². The van der Waals surface area contributed by atoms with Crippen LogP contribution in [0.3, 0.4) is 0 Å². The average Bonchev–Trinajstić information content (AvgIpc) is 3.45. The standard InChI is InChI=1S/C20H17FN6OS/c21-16-8-15(20-23-25-26-24-20)9-17(10-16)27(12-14-4-2-1-3-5-14)19(28)7-6-18-11-22-13-29-18/h1-5,8-11,13H,6-7,12H2,(H,23,24,25,26). The number of hydrogen-bond donors (Lipinski definition) is 1. The highest BCUT2D eigenvalue weighted by molar-refractivity contribution is 7.09. The number of carbonyl (C=O) groups excluding carboxylic acids is 1.